The number of hydrogen-bond acceptors (Lipinski definition) is 5. The van der Waals surface area contributed by atoms with Crippen LogP contribution in [0.15, 0.2) is 18.3 Å². The number of halogens is 6. The molecule has 0 aliphatic heterocycles. The number of ether oxygens (including phenoxy) is 3. The maximum absolute atomic E-state index is 13.8. The van der Waals surface area contributed by atoms with Gasteiger partial charge in [-0.15, -0.1) is 0 Å². The van der Waals surface area contributed by atoms with Gasteiger partial charge in [0.2, 0.25) is 0 Å². The molecule has 2 fully saturated rings. The number of hydrogen-bond donors (Lipinski definition) is 2. The molecule has 2 amide bonds. The van der Waals surface area contributed by atoms with Crippen LogP contribution in [0, 0.1) is 11.8 Å². The second-order valence-corrected chi connectivity index (χ2v) is 9.60. The van der Waals surface area contributed by atoms with Crippen molar-refractivity contribution in [2.24, 2.45) is 11.8 Å². The second kappa shape index (κ2) is 12.2. The van der Waals surface area contributed by atoms with Crippen molar-refractivity contribution in [3.63, 3.8) is 0 Å². The maximum atomic E-state index is 13.8. The summed E-state index contributed by atoms with van der Waals surface area (Å²) in [5, 5.41) is 5.37. The van der Waals surface area contributed by atoms with E-state index in [9.17, 15) is 31.1 Å². The molecule has 2 N–H and O–H groups in total. The van der Waals surface area contributed by atoms with Crippen LogP contribution in [0.5, 0.6) is 0 Å². The third-order valence-electron chi connectivity index (χ3n) is 7.41. The van der Waals surface area contributed by atoms with Crippen LogP contribution in [0.1, 0.15) is 55.8 Å². The van der Waals surface area contributed by atoms with Gasteiger partial charge in [0.05, 0.1) is 35.4 Å². The molecule has 2 aliphatic rings. The number of amides is 2. The van der Waals surface area contributed by atoms with Crippen LogP contribution in [-0.4, -0.2) is 62.9 Å². The SMILES string of the molecule is COC1CC(NC(=O)NC(c2ncccc2C(F)(F)F)C2CCC(C(F)(F)F)CC2)CC(OC)C1OC. The molecule has 0 spiro atoms. The van der Waals surface area contributed by atoms with E-state index in [1.165, 1.54) is 27.5 Å². The maximum Gasteiger partial charge on any atom is 0.418 e. The lowest BCUT2D eigenvalue weighted by Crippen LogP contribution is -2.55. The minimum Gasteiger partial charge on any atom is -0.379 e. The first-order chi connectivity index (χ1) is 17.4. The minimum atomic E-state index is -4.75. The van der Waals surface area contributed by atoms with Crippen LogP contribution < -0.4 is 10.6 Å². The lowest BCUT2D eigenvalue weighted by Gasteiger charge is -2.40. The number of nitrogens with one attached hydrogen (secondary N) is 2. The third kappa shape index (κ3) is 7.26. The highest BCUT2D eigenvalue weighted by Crippen LogP contribution is 2.44. The largest absolute Gasteiger partial charge is 0.418 e. The molecule has 0 saturated heterocycles. The molecule has 3 atom stereocenters. The molecule has 1 aromatic heterocycles. The van der Waals surface area contributed by atoms with Gasteiger partial charge in [0, 0.05) is 33.6 Å². The van der Waals surface area contributed by atoms with Crippen LogP contribution in [0.25, 0.3) is 0 Å². The average molecular weight is 542 g/mol. The van der Waals surface area contributed by atoms with E-state index in [-0.39, 0.29) is 31.8 Å². The van der Waals surface area contributed by atoms with Crippen molar-refractivity contribution in [2.45, 2.75) is 81.3 Å². The fourth-order valence-electron chi connectivity index (χ4n) is 5.51. The first-order valence-electron chi connectivity index (χ1n) is 12.1. The summed E-state index contributed by atoms with van der Waals surface area (Å²) < 4.78 is 97.3. The molecular formula is C24H33F6N3O4. The van der Waals surface area contributed by atoms with Crippen molar-refractivity contribution < 1.29 is 45.3 Å². The first-order valence-corrected chi connectivity index (χ1v) is 12.1. The summed E-state index contributed by atoms with van der Waals surface area (Å²) in [6, 6.07) is -0.414. The summed E-state index contributed by atoms with van der Waals surface area (Å²) in [7, 11) is 4.52. The fraction of sp³-hybridized carbons (Fsp3) is 0.750. The molecule has 2 saturated carbocycles. The predicted octanol–water partition coefficient (Wildman–Crippen LogP) is 5.02. The molecule has 7 nitrogen and oxygen atoms in total. The number of carbonyl (C=O) groups excluding carboxylic acids is 1. The van der Waals surface area contributed by atoms with Gasteiger partial charge in [0.15, 0.2) is 0 Å². The summed E-state index contributed by atoms with van der Waals surface area (Å²) in [6.45, 7) is 0. The molecule has 0 radical (unpaired) electrons. The summed E-state index contributed by atoms with van der Waals surface area (Å²) in [4.78, 5) is 17.0. The fourth-order valence-corrected chi connectivity index (χ4v) is 5.51. The monoisotopic (exact) mass is 541 g/mol. The second-order valence-electron chi connectivity index (χ2n) is 9.60. The van der Waals surface area contributed by atoms with Gasteiger partial charge in [-0.1, -0.05) is 0 Å². The predicted molar refractivity (Wildman–Crippen MR) is 121 cm³/mol. The lowest BCUT2D eigenvalue weighted by atomic mass is 9.76. The standard InChI is InChI=1S/C24H33F6N3O4/c1-35-17-11-15(12-18(36-2)21(17)37-3)32-22(34)33-19(13-6-8-14(9-7-13)23(25,26)27)20-16(24(28,29)30)5-4-10-31-20/h4-5,10,13-15,17-19,21H,6-9,11-12H2,1-3H3,(H2,32,33,34). The van der Waals surface area contributed by atoms with E-state index < -0.39 is 65.8 Å². The van der Waals surface area contributed by atoms with Gasteiger partial charge in [-0.25, -0.2) is 4.79 Å². The minimum absolute atomic E-state index is 0.000556. The zero-order valence-electron chi connectivity index (χ0n) is 20.9. The Morgan fingerprint density at radius 3 is 2.05 bits per heavy atom. The van der Waals surface area contributed by atoms with Crippen LogP contribution in [0.3, 0.4) is 0 Å². The van der Waals surface area contributed by atoms with Gasteiger partial charge in [0.25, 0.3) is 0 Å². The summed E-state index contributed by atoms with van der Waals surface area (Å²) >= 11 is 0. The molecule has 0 bridgehead atoms. The quantitative estimate of drug-likeness (QED) is 0.474. The molecule has 2 aliphatic carbocycles. The Labute approximate surface area is 211 Å². The third-order valence-corrected chi connectivity index (χ3v) is 7.41. The van der Waals surface area contributed by atoms with E-state index in [1.807, 2.05) is 0 Å². The summed E-state index contributed by atoms with van der Waals surface area (Å²) in [5.74, 6) is -2.17. The van der Waals surface area contributed by atoms with Crippen molar-refractivity contribution in [3.8, 4) is 0 Å². The van der Waals surface area contributed by atoms with Crippen LogP contribution >= 0.6 is 0 Å². The first kappa shape index (κ1) is 29.4. The molecule has 1 aromatic rings. The van der Waals surface area contributed by atoms with Crippen LogP contribution in [0.4, 0.5) is 31.1 Å². The summed E-state index contributed by atoms with van der Waals surface area (Å²) in [5.41, 5.74) is -1.44. The Morgan fingerprint density at radius 2 is 1.57 bits per heavy atom. The van der Waals surface area contributed by atoms with Crippen LogP contribution in [-0.2, 0) is 20.4 Å². The molecule has 210 valence electrons. The summed E-state index contributed by atoms with van der Waals surface area (Å²) in [6.07, 6.45) is -8.80. The normalized spacial score (nSPS) is 30.0. The Kier molecular flexibility index (Phi) is 9.68. The number of rotatable bonds is 7. The van der Waals surface area contributed by atoms with Crippen molar-refractivity contribution in [2.75, 3.05) is 21.3 Å². The Hall–Kier alpha value is -2.12. The topological polar surface area (TPSA) is 81.7 Å². The molecule has 1 heterocycles. The number of aromatic nitrogens is 1. The molecular weight excluding hydrogens is 508 g/mol. The van der Waals surface area contributed by atoms with Gasteiger partial charge in [-0.05, 0) is 56.6 Å². The lowest BCUT2D eigenvalue weighted by molar-refractivity contribution is -0.184. The molecule has 13 heteroatoms. The number of pyridine rings is 1. The highest BCUT2D eigenvalue weighted by molar-refractivity contribution is 5.75. The van der Waals surface area contributed by atoms with E-state index in [0.717, 1.165) is 12.1 Å². The smallest absolute Gasteiger partial charge is 0.379 e. The average Bonchev–Trinajstić information content (AvgIpc) is 2.85. The van der Waals surface area contributed by atoms with Gasteiger partial charge in [-0.2, -0.15) is 26.3 Å². The Balaban J connectivity index is 1.80. The van der Waals surface area contributed by atoms with Crippen molar-refractivity contribution in [3.05, 3.63) is 29.6 Å². The molecule has 3 unspecified atom stereocenters. The van der Waals surface area contributed by atoms with Gasteiger partial charge < -0.3 is 24.8 Å². The zero-order chi connectivity index (χ0) is 27.4. The number of alkyl halides is 6. The zero-order valence-corrected chi connectivity index (χ0v) is 20.9. The number of carbonyl (C=O) groups is 1. The number of methoxy groups -OCH3 is 3. The molecule has 37 heavy (non-hydrogen) atoms. The molecule has 3 rings (SSSR count). The highest BCUT2D eigenvalue weighted by Gasteiger charge is 2.45. The Bertz CT molecular complexity index is 878. The van der Waals surface area contributed by atoms with Crippen molar-refractivity contribution in [1.82, 2.24) is 15.6 Å². The van der Waals surface area contributed by atoms with Crippen molar-refractivity contribution >= 4 is 6.03 Å². The Morgan fingerprint density at radius 1 is 0.973 bits per heavy atom. The molecule has 0 aromatic carbocycles. The van der Waals surface area contributed by atoms with E-state index in [4.69, 9.17) is 14.2 Å². The van der Waals surface area contributed by atoms with Gasteiger partial charge >= 0.3 is 18.4 Å². The van der Waals surface area contributed by atoms with Crippen LogP contribution in [0.2, 0.25) is 0 Å². The number of urea groups is 1. The van der Waals surface area contributed by atoms with E-state index in [1.54, 1.807) is 0 Å². The van der Waals surface area contributed by atoms with Crippen molar-refractivity contribution in [1.29, 1.82) is 0 Å². The van der Waals surface area contributed by atoms with Gasteiger partial charge in [-0.3, -0.25) is 4.98 Å². The van der Waals surface area contributed by atoms with E-state index >= 15 is 0 Å². The highest BCUT2D eigenvalue weighted by atomic mass is 19.4. The van der Waals surface area contributed by atoms with Gasteiger partial charge in [0.1, 0.15) is 6.10 Å². The van der Waals surface area contributed by atoms with E-state index in [2.05, 4.69) is 15.6 Å². The number of nitrogens with zero attached hydrogens (tertiary/aromatic N) is 1. The van der Waals surface area contributed by atoms with E-state index in [0.29, 0.717) is 12.8 Å².